The van der Waals surface area contributed by atoms with E-state index in [2.05, 4.69) is 75.5 Å². The minimum absolute atomic E-state index is 0.738. The van der Waals surface area contributed by atoms with E-state index in [4.69, 9.17) is 0 Å². The molecule has 0 bridgehead atoms. The van der Waals surface area contributed by atoms with E-state index in [1.54, 1.807) is 0 Å². The van der Waals surface area contributed by atoms with Crippen molar-refractivity contribution in [2.75, 3.05) is 67.5 Å². The number of nitrogens with zero attached hydrogens (tertiary/aromatic N) is 4. The third kappa shape index (κ3) is 9.97. The van der Waals surface area contributed by atoms with Gasteiger partial charge in [-0.05, 0) is 53.9 Å². The highest BCUT2D eigenvalue weighted by atomic mass is 15.2. The maximum absolute atomic E-state index is 2.52. The van der Waals surface area contributed by atoms with Crippen molar-refractivity contribution in [3.05, 3.63) is 0 Å². The smallest absolute Gasteiger partial charge is 0.0109 e. The van der Waals surface area contributed by atoms with E-state index in [-0.39, 0.29) is 0 Å². The molecule has 24 heavy (non-hydrogen) atoms. The van der Waals surface area contributed by atoms with Crippen LogP contribution in [0.1, 0.15) is 53.4 Å². The van der Waals surface area contributed by atoms with Gasteiger partial charge in [0, 0.05) is 51.4 Å². The second kappa shape index (κ2) is 14.1. The molecule has 0 rings (SSSR count). The number of rotatable bonds is 15. The quantitative estimate of drug-likeness (QED) is 0.453. The Labute approximate surface area is 153 Å². The monoisotopic (exact) mass is 342 g/mol. The zero-order valence-electron chi connectivity index (χ0n) is 18.0. The van der Waals surface area contributed by atoms with Crippen molar-refractivity contribution < 1.29 is 0 Å². The van der Waals surface area contributed by atoms with Crippen molar-refractivity contribution in [1.82, 2.24) is 19.6 Å². The predicted molar refractivity (Wildman–Crippen MR) is 109 cm³/mol. The van der Waals surface area contributed by atoms with Crippen molar-refractivity contribution in [2.45, 2.75) is 65.5 Å². The van der Waals surface area contributed by atoms with Crippen molar-refractivity contribution in [2.24, 2.45) is 0 Å². The van der Waals surface area contributed by atoms with Crippen LogP contribution >= 0.6 is 0 Å². The van der Waals surface area contributed by atoms with Gasteiger partial charge in [-0.3, -0.25) is 0 Å². The fourth-order valence-corrected chi connectivity index (χ4v) is 3.41. The van der Waals surface area contributed by atoms with E-state index in [9.17, 15) is 0 Å². The maximum Gasteiger partial charge on any atom is 0.0109 e. The van der Waals surface area contributed by atoms with Crippen LogP contribution in [-0.4, -0.2) is 99.1 Å². The van der Waals surface area contributed by atoms with Gasteiger partial charge in [0.05, 0.1) is 0 Å². The summed E-state index contributed by atoms with van der Waals surface area (Å²) in [6.45, 7) is 16.1. The molecular weight excluding hydrogens is 296 g/mol. The molecule has 146 valence electrons. The largest absolute Gasteiger partial charge is 0.304 e. The lowest BCUT2D eigenvalue weighted by Crippen LogP contribution is -2.41. The average molecular weight is 343 g/mol. The van der Waals surface area contributed by atoms with E-state index < -0.39 is 0 Å². The van der Waals surface area contributed by atoms with Gasteiger partial charge in [-0.1, -0.05) is 27.7 Å². The summed E-state index contributed by atoms with van der Waals surface area (Å²) in [5.74, 6) is 0. The Morgan fingerprint density at radius 3 is 0.958 bits per heavy atom. The predicted octanol–water partition coefficient (Wildman–Crippen LogP) is 3.09. The Morgan fingerprint density at radius 1 is 0.458 bits per heavy atom. The molecule has 0 aliphatic heterocycles. The van der Waals surface area contributed by atoms with Crippen molar-refractivity contribution in [3.8, 4) is 0 Å². The zero-order chi connectivity index (χ0) is 18.5. The van der Waals surface area contributed by atoms with Crippen LogP contribution in [0.4, 0.5) is 0 Å². The van der Waals surface area contributed by atoms with Crippen LogP contribution in [0.2, 0.25) is 0 Å². The molecule has 0 fully saturated rings. The van der Waals surface area contributed by atoms with Crippen molar-refractivity contribution in [1.29, 1.82) is 0 Å². The lowest BCUT2D eigenvalue weighted by molar-refractivity contribution is 0.172. The van der Waals surface area contributed by atoms with E-state index in [0.29, 0.717) is 0 Å². The standard InChI is InChI=1S/C20H46N4/c1-9-19(10-2)23(7)17-15-21(5)13-14-22(6)16-18-24(8)20(11-3)12-4/h19-20H,9-18H2,1-8H3. The molecule has 0 heterocycles. The van der Waals surface area contributed by atoms with Crippen LogP contribution in [-0.2, 0) is 0 Å². The van der Waals surface area contributed by atoms with E-state index in [1.165, 1.54) is 38.8 Å². The molecule has 0 N–H and O–H groups in total. The molecule has 4 heteroatoms. The summed E-state index contributed by atoms with van der Waals surface area (Å²) < 4.78 is 0. The van der Waals surface area contributed by atoms with Gasteiger partial charge in [0.1, 0.15) is 0 Å². The molecule has 0 aromatic carbocycles. The van der Waals surface area contributed by atoms with Gasteiger partial charge in [0.2, 0.25) is 0 Å². The Bertz CT molecular complexity index is 249. The second-order valence-electron chi connectivity index (χ2n) is 7.51. The molecule has 0 spiro atoms. The highest BCUT2D eigenvalue weighted by molar-refractivity contribution is 4.69. The summed E-state index contributed by atoms with van der Waals surface area (Å²) in [7, 11) is 9.05. The summed E-state index contributed by atoms with van der Waals surface area (Å²) in [5, 5.41) is 0. The normalized spacial score (nSPS) is 12.8. The SMILES string of the molecule is CCC(CC)N(C)CCN(C)CCN(C)CCN(C)C(CC)CC. The molecule has 0 aliphatic rings. The first-order chi connectivity index (χ1) is 11.4. The minimum atomic E-state index is 0.738. The third-order valence-electron chi connectivity index (χ3n) is 5.66. The van der Waals surface area contributed by atoms with E-state index >= 15 is 0 Å². The summed E-state index contributed by atoms with van der Waals surface area (Å²) in [5.41, 5.74) is 0. The molecule has 0 unspecified atom stereocenters. The fraction of sp³-hybridized carbons (Fsp3) is 1.00. The van der Waals surface area contributed by atoms with Gasteiger partial charge >= 0.3 is 0 Å². The molecular formula is C20H46N4. The van der Waals surface area contributed by atoms with Crippen LogP contribution in [0.15, 0.2) is 0 Å². The molecule has 4 nitrogen and oxygen atoms in total. The van der Waals surface area contributed by atoms with E-state index in [1.807, 2.05) is 0 Å². The second-order valence-corrected chi connectivity index (χ2v) is 7.51. The number of hydrogen-bond acceptors (Lipinski definition) is 4. The molecule has 0 saturated heterocycles. The van der Waals surface area contributed by atoms with Gasteiger partial charge in [0.25, 0.3) is 0 Å². The maximum atomic E-state index is 2.52. The van der Waals surface area contributed by atoms with Crippen LogP contribution in [0.3, 0.4) is 0 Å². The molecule has 0 radical (unpaired) electrons. The molecule has 0 aromatic rings. The average Bonchev–Trinajstić information content (AvgIpc) is 2.58. The first-order valence-electron chi connectivity index (χ1n) is 10.2. The van der Waals surface area contributed by atoms with Crippen LogP contribution in [0.5, 0.6) is 0 Å². The molecule has 0 aliphatic carbocycles. The summed E-state index contributed by atoms with van der Waals surface area (Å²) in [6, 6.07) is 1.48. The lowest BCUT2D eigenvalue weighted by atomic mass is 10.1. The van der Waals surface area contributed by atoms with Crippen LogP contribution in [0.25, 0.3) is 0 Å². The topological polar surface area (TPSA) is 13.0 Å². The Balaban J connectivity index is 3.91. The van der Waals surface area contributed by atoms with E-state index in [0.717, 1.165) is 38.3 Å². The fourth-order valence-electron chi connectivity index (χ4n) is 3.41. The van der Waals surface area contributed by atoms with Crippen LogP contribution < -0.4 is 0 Å². The summed E-state index contributed by atoms with van der Waals surface area (Å²) >= 11 is 0. The number of likely N-dealkylation sites (N-methyl/N-ethyl adjacent to an activating group) is 4. The molecule has 0 amide bonds. The Morgan fingerprint density at radius 2 is 0.708 bits per heavy atom. The van der Waals surface area contributed by atoms with Crippen LogP contribution in [0, 0.1) is 0 Å². The lowest BCUT2D eigenvalue weighted by Gasteiger charge is -2.30. The first-order valence-corrected chi connectivity index (χ1v) is 10.2. The van der Waals surface area contributed by atoms with Gasteiger partial charge in [0.15, 0.2) is 0 Å². The molecule has 0 saturated carbocycles. The van der Waals surface area contributed by atoms with Gasteiger partial charge in [-0.25, -0.2) is 0 Å². The summed E-state index contributed by atoms with van der Waals surface area (Å²) in [6.07, 6.45) is 5.01. The molecule has 0 aromatic heterocycles. The van der Waals surface area contributed by atoms with Gasteiger partial charge < -0.3 is 19.6 Å². The highest BCUT2D eigenvalue weighted by Crippen LogP contribution is 2.06. The Kier molecular flexibility index (Phi) is 14.0. The zero-order valence-corrected chi connectivity index (χ0v) is 18.0. The third-order valence-corrected chi connectivity index (χ3v) is 5.66. The number of hydrogen-bond donors (Lipinski definition) is 0. The van der Waals surface area contributed by atoms with Crippen molar-refractivity contribution in [3.63, 3.8) is 0 Å². The van der Waals surface area contributed by atoms with Gasteiger partial charge in [-0.2, -0.15) is 0 Å². The highest BCUT2D eigenvalue weighted by Gasteiger charge is 2.12. The molecule has 0 atom stereocenters. The first kappa shape index (κ1) is 23.8. The summed E-state index contributed by atoms with van der Waals surface area (Å²) in [4.78, 5) is 9.98. The van der Waals surface area contributed by atoms with Crippen molar-refractivity contribution >= 4 is 0 Å². The Hall–Kier alpha value is -0.160. The minimum Gasteiger partial charge on any atom is -0.304 e. The van der Waals surface area contributed by atoms with Gasteiger partial charge in [-0.15, -0.1) is 0 Å².